The van der Waals surface area contributed by atoms with Crippen LogP contribution in [-0.4, -0.2) is 20.9 Å². The van der Waals surface area contributed by atoms with Crippen molar-refractivity contribution < 1.29 is 22.4 Å². The highest BCUT2D eigenvalue weighted by atomic mass is 32.2. The fraction of sp³-hybridized carbons (Fsp3) is 0.0714. The molecular formula is C14H13FN2O4S. The SMILES string of the molecule is O=C(CONS(=O)(=O)c1ccc(F)cc1)Nc1ccccc1. The van der Waals surface area contributed by atoms with E-state index in [4.69, 9.17) is 0 Å². The van der Waals surface area contributed by atoms with E-state index in [1.165, 1.54) is 0 Å². The maximum Gasteiger partial charge on any atom is 0.262 e. The monoisotopic (exact) mass is 324 g/mol. The molecule has 0 fully saturated rings. The maximum absolute atomic E-state index is 12.7. The van der Waals surface area contributed by atoms with Crippen LogP contribution in [0, 0.1) is 5.82 Å². The summed E-state index contributed by atoms with van der Waals surface area (Å²) in [6.45, 7) is -0.505. The molecule has 22 heavy (non-hydrogen) atoms. The molecule has 0 radical (unpaired) electrons. The third-order valence-electron chi connectivity index (χ3n) is 2.55. The van der Waals surface area contributed by atoms with E-state index in [1.807, 2.05) is 0 Å². The smallest absolute Gasteiger partial charge is 0.262 e. The fourth-order valence-electron chi connectivity index (χ4n) is 1.55. The Hall–Kier alpha value is -2.29. The summed E-state index contributed by atoms with van der Waals surface area (Å²) in [7, 11) is -3.96. The third kappa shape index (κ3) is 4.62. The standard InChI is InChI=1S/C14H13FN2O4S/c15-11-6-8-13(9-7-11)22(19,20)17-21-10-14(18)16-12-4-2-1-3-5-12/h1-9,17H,10H2,(H,16,18). The largest absolute Gasteiger partial charge is 0.324 e. The Bertz CT molecular complexity index is 733. The van der Waals surface area contributed by atoms with Crippen LogP contribution in [0.1, 0.15) is 0 Å². The molecule has 0 atom stereocenters. The van der Waals surface area contributed by atoms with Crippen LogP contribution in [0.4, 0.5) is 10.1 Å². The number of nitrogens with one attached hydrogen (secondary N) is 2. The molecule has 2 rings (SSSR count). The van der Waals surface area contributed by atoms with Crippen molar-refractivity contribution in [3.8, 4) is 0 Å². The van der Waals surface area contributed by atoms with Crippen LogP contribution >= 0.6 is 0 Å². The first-order valence-corrected chi connectivity index (χ1v) is 7.70. The van der Waals surface area contributed by atoms with Crippen molar-refractivity contribution in [1.29, 1.82) is 0 Å². The Balaban J connectivity index is 1.85. The fourth-order valence-corrected chi connectivity index (χ4v) is 2.36. The van der Waals surface area contributed by atoms with Crippen molar-refractivity contribution in [2.75, 3.05) is 11.9 Å². The number of halogens is 1. The number of para-hydroxylation sites is 1. The molecule has 2 aromatic carbocycles. The quantitative estimate of drug-likeness (QED) is 0.792. The number of hydrogen-bond donors (Lipinski definition) is 2. The van der Waals surface area contributed by atoms with Crippen LogP contribution in [0.5, 0.6) is 0 Å². The minimum atomic E-state index is -3.96. The van der Waals surface area contributed by atoms with Gasteiger partial charge in [0, 0.05) is 5.69 Å². The van der Waals surface area contributed by atoms with Crippen molar-refractivity contribution in [3.05, 3.63) is 60.4 Å². The molecular weight excluding hydrogens is 311 g/mol. The summed E-state index contributed by atoms with van der Waals surface area (Å²) in [6.07, 6.45) is 0. The molecule has 0 heterocycles. The number of hydrogen-bond acceptors (Lipinski definition) is 4. The van der Waals surface area contributed by atoms with Gasteiger partial charge in [0.15, 0.2) is 0 Å². The van der Waals surface area contributed by atoms with E-state index in [2.05, 4.69) is 10.2 Å². The second kappa shape index (κ2) is 7.12. The minimum absolute atomic E-state index is 0.169. The van der Waals surface area contributed by atoms with E-state index < -0.39 is 28.4 Å². The molecule has 0 bridgehead atoms. The second-order valence-corrected chi connectivity index (χ2v) is 5.89. The van der Waals surface area contributed by atoms with Crippen LogP contribution in [-0.2, 0) is 19.7 Å². The van der Waals surface area contributed by atoms with E-state index >= 15 is 0 Å². The number of amides is 1. The van der Waals surface area contributed by atoms with E-state index in [0.29, 0.717) is 5.69 Å². The molecule has 116 valence electrons. The zero-order valence-electron chi connectivity index (χ0n) is 11.3. The Morgan fingerprint density at radius 2 is 1.68 bits per heavy atom. The van der Waals surface area contributed by atoms with Crippen LogP contribution in [0.2, 0.25) is 0 Å². The molecule has 6 nitrogen and oxygen atoms in total. The summed E-state index contributed by atoms with van der Waals surface area (Å²) in [5.41, 5.74) is 0.567. The number of sulfonamides is 1. The Labute approximate surface area is 126 Å². The van der Waals surface area contributed by atoms with Crippen LogP contribution in [0.25, 0.3) is 0 Å². The van der Waals surface area contributed by atoms with Gasteiger partial charge in [-0.05, 0) is 36.4 Å². The number of rotatable bonds is 6. The summed E-state index contributed by atoms with van der Waals surface area (Å²) in [6, 6.07) is 12.8. The van der Waals surface area contributed by atoms with E-state index in [9.17, 15) is 17.6 Å². The lowest BCUT2D eigenvalue weighted by molar-refractivity contribution is -0.121. The van der Waals surface area contributed by atoms with Gasteiger partial charge in [-0.3, -0.25) is 9.63 Å². The first-order valence-electron chi connectivity index (χ1n) is 6.21. The summed E-state index contributed by atoms with van der Waals surface area (Å²) in [5.74, 6) is -1.07. The summed E-state index contributed by atoms with van der Waals surface area (Å²) < 4.78 is 36.3. The minimum Gasteiger partial charge on any atom is -0.324 e. The first kappa shape index (κ1) is 16.1. The zero-order valence-corrected chi connectivity index (χ0v) is 12.1. The third-order valence-corrected chi connectivity index (χ3v) is 3.78. The molecule has 8 heteroatoms. The average molecular weight is 324 g/mol. The van der Waals surface area contributed by atoms with Gasteiger partial charge in [0.05, 0.1) is 4.90 Å². The van der Waals surface area contributed by atoms with E-state index in [1.54, 1.807) is 35.2 Å². The maximum atomic E-state index is 12.7. The number of anilines is 1. The molecule has 0 aromatic heterocycles. The van der Waals surface area contributed by atoms with Gasteiger partial charge >= 0.3 is 0 Å². The van der Waals surface area contributed by atoms with Gasteiger partial charge in [0.25, 0.3) is 15.9 Å². The highest BCUT2D eigenvalue weighted by Gasteiger charge is 2.15. The second-order valence-electron chi connectivity index (χ2n) is 4.24. The normalized spacial score (nSPS) is 11.1. The Morgan fingerprint density at radius 3 is 2.32 bits per heavy atom. The van der Waals surface area contributed by atoms with Crippen LogP contribution in [0.3, 0.4) is 0 Å². The van der Waals surface area contributed by atoms with Gasteiger partial charge in [-0.15, -0.1) is 0 Å². The Kier molecular flexibility index (Phi) is 5.21. The van der Waals surface area contributed by atoms with Gasteiger partial charge in [-0.1, -0.05) is 23.1 Å². The predicted molar refractivity (Wildman–Crippen MR) is 77.7 cm³/mol. The van der Waals surface area contributed by atoms with Crippen molar-refractivity contribution in [1.82, 2.24) is 4.89 Å². The van der Waals surface area contributed by atoms with Gasteiger partial charge in [-0.2, -0.15) is 0 Å². The van der Waals surface area contributed by atoms with Crippen molar-refractivity contribution in [3.63, 3.8) is 0 Å². The van der Waals surface area contributed by atoms with E-state index in [-0.39, 0.29) is 4.90 Å². The lowest BCUT2D eigenvalue weighted by Crippen LogP contribution is -2.29. The van der Waals surface area contributed by atoms with Crippen molar-refractivity contribution >= 4 is 21.6 Å². The molecule has 0 unspecified atom stereocenters. The number of carbonyl (C=O) groups is 1. The molecule has 0 aliphatic heterocycles. The zero-order chi connectivity index (χ0) is 16.0. The van der Waals surface area contributed by atoms with Gasteiger partial charge in [0.1, 0.15) is 12.4 Å². The summed E-state index contributed by atoms with van der Waals surface area (Å²) >= 11 is 0. The molecule has 0 saturated carbocycles. The van der Waals surface area contributed by atoms with Crippen molar-refractivity contribution in [2.45, 2.75) is 4.90 Å². The van der Waals surface area contributed by atoms with Crippen LogP contribution in [0.15, 0.2) is 59.5 Å². The molecule has 0 aliphatic carbocycles. The predicted octanol–water partition coefficient (Wildman–Crippen LogP) is 1.67. The topological polar surface area (TPSA) is 84.5 Å². The first-order chi connectivity index (χ1) is 10.5. The highest BCUT2D eigenvalue weighted by molar-refractivity contribution is 7.89. The van der Waals surface area contributed by atoms with Crippen molar-refractivity contribution in [2.24, 2.45) is 0 Å². The van der Waals surface area contributed by atoms with Crippen LogP contribution < -0.4 is 10.2 Å². The molecule has 2 aromatic rings. The molecule has 1 amide bonds. The summed E-state index contributed by atoms with van der Waals surface area (Å²) in [4.78, 5) is 17.9. The number of benzene rings is 2. The molecule has 0 saturated heterocycles. The number of carbonyl (C=O) groups excluding carboxylic acids is 1. The summed E-state index contributed by atoms with van der Waals surface area (Å²) in [5, 5.41) is 2.53. The molecule has 2 N–H and O–H groups in total. The highest BCUT2D eigenvalue weighted by Crippen LogP contribution is 2.09. The molecule has 0 aliphatic rings. The lowest BCUT2D eigenvalue weighted by Gasteiger charge is -2.08. The van der Waals surface area contributed by atoms with Gasteiger partial charge < -0.3 is 5.32 Å². The van der Waals surface area contributed by atoms with Gasteiger partial charge in [0.2, 0.25) is 0 Å². The average Bonchev–Trinajstić information content (AvgIpc) is 2.48. The van der Waals surface area contributed by atoms with Gasteiger partial charge in [-0.25, -0.2) is 12.8 Å². The Morgan fingerprint density at radius 1 is 1.05 bits per heavy atom. The molecule has 0 spiro atoms. The lowest BCUT2D eigenvalue weighted by atomic mass is 10.3. The van der Waals surface area contributed by atoms with E-state index in [0.717, 1.165) is 24.3 Å².